The molecule has 2 aromatic heterocycles. The Morgan fingerprint density at radius 2 is 2.03 bits per heavy atom. The van der Waals surface area contributed by atoms with Crippen LogP contribution in [-0.2, 0) is 17.4 Å². The van der Waals surface area contributed by atoms with E-state index in [0.717, 1.165) is 32.0 Å². The number of hydrogen-bond donors (Lipinski definition) is 2. The molecule has 1 aliphatic carbocycles. The molecule has 4 rings (SSSR count). The summed E-state index contributed by atoms with van der Waals surface area (Å²) in [5.41, 5.74) is -2.03. The minimum Gasteiger partial charge on any atom is -0.354 e. The van der Waals surface area contributed by atoms with E-state index >= 15 is 0 Å². The molecule has 1 atom stereocenters. The lowest BCUT2D eigenvalue weighted by molar-refractivity contribution is -0.139. The number of piperazine rings is 1. The first-order valence-corrected chi connectivity index (χ1v) is 10.6. The number of amides is 1. The second-order valence-corrected chi connectivity index (χ2v) is 8.04. The summed E-state index contributed by atoms with van der Waals surface area (Å²) in [6.45, 7) is 3.45. The maximum atomic E-state index is 13.2. The largest absolute Gasteiger partial charge is 0.422 e. The number of carbonyl (C=O) groups is 1. The maximum absolute atomic E-state index is 13.2. The number of fused-ring (bicyclic) bond motifs is 1. The van der Waals surface area contributed by atoms with Gasteiger partial charge in [-0.15, -0.1) is 0 Å². The predicted octanol–water partition coefficient (Wildman–Crippen LogP) is 1.37. The first kappa shape index (κ1) is 22.7. The van der Waals surface area contributed by atoms with Gasteiger partial charge in [-0.3, -0.25) is 14.5 Å². The Morgan fingerprint density at radius 1 is 1.27 bits per heavy atom. The number of halogens is 3. The fourth-order valence-electron chi connectivity index (χ4n) is 4.27. The summed E-state index contributed by atoms with van der Waals surface area (Å²) in [5.74, 6) is 0.528. The highest BCUT2D eigenvalue weighted by Crippen LogP contribution is 2.37. The van der Waals surface area contributed by atoms with Crippen molar-refractivity contribution in [1.29, 1.82) is 5.26 Å². The number of alkyl halides is 3. The van der Waals surface area contributed by atoms with Crippen molar-refractivity contribution in [3.63, 3.8) is 0 Å². The molecule has 2 aromatic rings. The van der Waals surface area contributed by atoms with Crippen molar-refractivity contribution in [2.24, 2.45) is 0 Å². The number of aromatic nitrogens is 3. The van der Waals surface area contributed by atoms with E-state index in [1.54, 1.807) is 6.07 Å². The molecule has 0 spiro atoms. The third-order valence-electron chi connectivity index (χ3n) is 5.98. The Labute approximate surface area is 187 Å². The van der Waals surface area contributed by atoms with Crippen LogP contribution >= 0.6 is 0 Å². The molecule has 1 fully saturated rings. The summed E-state index contributed by atoms with van der Waals surface area (Å²) in [6.07, 6.45) is -2.72. The number of carbonyl (C=O) groups excluding carboxylic acids is 1. The number of anilines is 1. The summed E-state index contributed by atoms with van der Waals surface area (Å²) in [7, 11) is 0. The predicted molar refractivity (Wildman–Crippen MR) is 111 cm³/mol. The van der Waals surface area contributed by atoms with Gasteiger partial charge in [-0.05, 0) is 30.5 Å². The van der Waals surface area contributed by atoms with Crippen LogP contribution in [-0.4, -0.2) is 58.7 Å². The van der Waals surface area contributed by atoms with E-state index in [4.69, 9.17) is 5.26 Å². The van der Waals surface area contributed by atoms with Crippen LogP contribution in [0.4, 0.5) is 19.0 Å². The topological polar surface area (TPSA) is 118 Å². The molecule has 1 aliphatic heterocycles. The van der Waals surface area contributed by atoms with Crippen LogP contribution in [0.5, 0.6) is 0 Å². The number of aromatic amines is 1. The highest BCUT2D eigenvalue weighted by molar-refractivity contribution is 5.76. The smallest absolute Gasteiger partial charge is 0.354 e. The molecule has 33 heavy (non-hydrogen) atoms. The highest BCUT2D eigenvalue weighted by Gasteiger charge is 2.41. The molecule has 1 amide bonds. The normalized spacial score (nSPS) is 18.6. The number of nitrogens with one attached hydrogen (secondary N) is 2. The zero-order valence-corrected chi connectivity index (χ0v) is 17.7. The minimum atomic E-state index is -4.77. The molecule has 174 valence electrons. The van der Waals surface area contributed by atoms with E-state index in [2.05, 4.69) is 25.2 Å². The molecule has 0 radical (unpaired) electrons. The fraction of sp³-hybridized carbons (Fsp3) is 0.476. The van der Waals surface area contributed by atoms with Gasteiger partial charge in [-0.2, -0.15) is 23.5 Å². The average molecular weight is 461 g/mol. The van der Waals surface area contributed by atoms with E-state index in [-0.39, 0.29) is 36.4 Å². The van der Waals surface area contributed by atoms with Crippen LogP contribution in [0.1, 0.15) is 41.3 Å². The van der Waals surface area contributed by atoms with Crippen molar-refractivity contribution < 1.29 is 18.0 Å². The van der Waals surface area contributed by atoms with Crippen LogP contribution in [0.2, 0.25) is 0 Å². The van der Waals surface area contributed by atoms with E-state index in [9.17, 15) is 22.8 Å². The number of H-pyrrole nitrogens is 1. The van der Waals surface area contributed by atoms with Crippen LogP contribution < -0.4 is 15.8 Å². The maximum Gasteiger partial charge on any atom is 0.422 e. The Kier molecular flexibility index (Phi) is 6.33. The van der Waals surface area contributed by atoms with E-state index in [0.29, 0.717) is 12.1 Å². The summed E-state index contributed by atoms with van der Waals surface area (Å²) >= 11 is 0. The van der Waals surface area contributed by atoms with Crippen molar-refractivity contribution in [3.8, 4) is 6.07 Å². The summed E-state index contributed by atoms with van der Waals surface area (Å²) < 4.78 is 39.7. The first-order valence-electron chi connectivity index (χ1n) is 10.6. The molecule has 3 heterocycles. The van der Waals surface area contributed by atoms with Gasteiger partial charge >= 0.3 is 6.18 Å². The summed E-state index contributed by atoms with van der Waals surface area (Å²) in [4.78, 5) is 32.6. The standard InChI is InChI=1S/C21H22F3N7O2/c22-21(23,24)18-14-2-3-15(19(14)28-29-20(18)33)27-17(32)5-6-30-7-9-31(10-8-30)16-4-1-13(11-25)12-26-16/h1,4,12,15H,2-3,5-10H2,(H,27,32)(H,29,33)/t15-/m1/s1. The third-order valence-corrected chi connectivity index (χ3v) is 5.98. The molecule has 0 bridgehead atoms. The highest BCUT2D eigenvalue weighted by atomic mass is 19.4. The molecule has 0 saturated carbocycles. The van der Waals surface area contributed by atoms with Crippen molar-refractivity contribution in [2.75, 3.05) is 37.6 Å². The minimum absolute atomic E-state index is 0.0391. The van der Waals surface area contributed by atoms with Crippen LogP contribution in [0, 0.1) is 11.3 Å². The Hall–Kier alpha value is -3.46. The summed E-state index contributed by atoms with van der Waals surface area (Å²) in [5, 5.41) is 17.3. The zero-order valence-electron chi connectivity index (χ0n) is 17.7. The number of rotatable bonds is 5. The van der Waals surface area contributed by atoms with Gasteiger partial charge in [0, 0.05) is 45.3 Å². The van der Waals surface area contributed by atoms with Crippen molar-refractivity contribution in [1.82, 2.24) is 25.4 Å². The van der Waals surface area contributed by atoms with Gasteiger partial charge in [-0.1, -0.05) is 0 Å². The van der Waals surface area contributed by atoms with Crippen molar-refractivity contribution >= 4 is 11.7 Å². The van der Waals surface area contributed by atoms with Gasteiger partial charge in [0.15, 0.2) is 0 Å². The Balaban J connectivity index is 1.28. The number of nitrogens with zero attached hydrogens (tertiary/aromatic N) is 5. The van der Waals surface area contributed by atoms with Gasteiger partial charge in [0.1, 0.15) is 17.5 Å². The summed E-state index contributed by atoms with van der Waals surface area (Å²) in [6, 6.07) is 4.93. The second-order valence-electron chi connectivity index (χ2n) is 8.04. The number of hydrogen-bond acceptors (Lipinski definition) is 7. The first-order chi connectivity index (χ1) is 15.8. The lowest BCUT2D eigenvalue weighted by Gasteiger charge is -2.35. The van der Waals surface area contributed by atoms with Gasteiger partial charge < -0.3 is 10.2 Å². The average Bonchev–Trinajstić information content (AvgIpc) is 3.19. The number of pyridine rings is 1. The molecule has 0 unspecified atom stereocenters. The Morgan fingerprint density at radius 3 is 2.67 bits per heavy atom. The zero-order chi connectivity index (χ0) is 23.6. The number of nitriles is 1. The molecule has 1 saturated heterocycles. The molecular formula is C21H22F3N7O2. The lowest BCUT2D eigenvalue weighted by Crippen LogP contribution is -2.47. The quantitative estimate of drug-likeness (QED) is 0.691. The van der Waals surface area contributed by atoms with Crippen molar-refractivity contribution in [3.05, 3.63) is 51.1 Å². The van der Waals surface area contributed by atoms with E-state index in [1.165, 1.54) is 6.20 Å². The third kappa shape index (κ3) is 4.98. The molecule has 2 aliphatic rings. The van der Waals surface area contributed by atoms with E-state index in [1.807, 2.05) is 17.2 Å². The van der Waals surface area contributed by atoms with Gasteiger partial charge in [0.2, 0.25) is 5.91 Å². The second kappa shape index (κ2) is 9.19. The van der Waals surface area contributed by atoms with Gasteiger partial charge in [0.05, 0.1) is 17.3 Å². The lowest BCUT2D eigenvalue weighted by atomic mass is 10.1. The molecule has 2 N–H and O–H groups in total. The Bertz CT molecular complexity index is 1120. The molecule has 9 nitrogen and oxygen atoms in total. The SMILES string of the molecule is N#Cc1ccc(N2CCN(CCC(=O)N[C@@H]3CCc4c3n[nH]c(=O)c4C(F)(F)F)CC2)nc1. The fourth-order valence-corrected chi connectivity index (χ4v) is 4.27. The van der Waals surface area contributed by atoms with Crippen LogP contribution in [0.15, 0.2) is 23.1 Å². The molecule has 12 heteroatoms. The van der Waals surface area contributed by atoms with Crippen molar-refractivity contribution in [2.45, 2.75) is 31.5 Å². The monoisotopic (exact) mass is 461 g/mol. The molecule has 0 aromatic carbocycles. The van der Waals surface area contributed by atoms with Crippen LogP contribution in [0.3, 0.4) is 0 Å². The van der Waals surface area contributed by atoms with Gasteiger partial charge in [0.25, 0.3) is 5.56 Å². The van der Waals surface area contributed by atoms with E-state index < -0.39 is 23.3 Å². The molecular weight excluding hydrogens is 439 g/mol. The van der Waals surface area contributed by atoms with Gasteiger partial charge in [-0.25, -0.2) is 10.1 Å². The van der Waals surface area contributed by atoms with Crippen LogP contribution in [0.25, 0.3) is 0 Å².